The highest BCUT2D eigenvalue weighted by Gasteiger charge is 2.18. The minimum Gasteiger partial charge on any atom is -0.493 e. The zero-order valence-corrected chi connectivity index (χ0v) is 21.2. The molecule has 0 aliphatic rings. The molecule has 194 valence electrons. The average molecular weight is 500 g/mol. The van der Waals surface area contributed by atoms with E-state index in [0.29, 0.717) is 28.8 Å². The highest BCUT2D eigenvalue weighted by molar-refractivity contribution is 5.76. The summed E-state index contributed by atoms with van der Waals surface area (Å²) in [7, 11) is 1.51. The third kappa shape index (κ3) is 6.29. The Labute approximate surface area is 210 Å². The van der Waals surface area contributed by atoms with Crippen molar-refractivity contribution in [1.29, 1.82) is 0 Å². The summed E-state index contributed by atoms with van der Waals surface area (Å²) >= 11 is 0. The van der Waals surface area contributed by atoms with Gasteiger partial charge in [-0.2, -0.15) is 4.98 Å². The normalized spacial score (nSPS) is 11.8. The third-order valence-electron chi connectivity index (χ3n) is 5.60. The third-order valence-corrected chi connectivity index (χ3v) is 5.60. The number of nitrogens with zero attached hydrogens (tertiary/aromatic N) is 4. The number of benzene rings is 1. The zero-order chi connectivity index (χ0) is 26.2. The molecule has 0 saturated carbocycles. The van der Waals surface area contributed by atoms with Crippen LogP contribution in [0.3, 0.4) is 0 Å². The van der Waals surface area contributed by atoms with Gasteiger partial charge in [0, 0.05) is 31.4 Å². The van der Waals surface area contributed by atoms with E-state index in [0.717, 1.165) is 35.6 Å². The van der Waals surface area contributed by atoms with E-state index in [1.807, 2.05) is 26.0 Å². The molecule has 0 fully saturated rings. The lowest BCUT2D eigenvalue weighted by Gasteiger charge is -2.21. The maximum atomic E-state index is 11.1. The van der Waals surface area contributed by atoms with E-state index in [4.69, 9.17) is 19.1 Å². The van der Waals surface area contributed by atoms with Gasteiger partial charge in [0.05, 0.1) is 12.7 Å². The molecule has 1 unspecified atom stereocenters. The lowest BCUT2D eigenvalue weighted by molar-refractivity contribution is -0.124. The SMILES string of the molecule is CCN(CC)c1ncc(-c2nc(-c3cc(C)c(OCC(O)CNC(=O)CO)c(OC)c3)no2)cc1C. The molecule has 0 saturated heterocycles. The van der Waals surface area contributed by atoms with Crippen molar-refractivity contribution in [1.82, 2.24) is 20.4 Å². The molecule has 0 spiro atoms. The quantitative estimate of drug-likeness (QED) is 0.339. The molecule has 36 heavy (non-hydrogen) atoms. The first-order valence-electron chi connectivity index (χ1n) is 11.7. The summed E-state index contributed by atoms with van der Waals surface area (Å²) in [5.41, 5.74) is 3.16. The molecule has 11 nitrogen and oxygen atoms in total. The number of nitrogens with one attached hydrogen (secondary N) is 1. The standard InChI is InChI=1S/C25H33N5O6/c1-6-30(7-2)24-16(4)9-18(11-27-24)25-28-23(29-36-25)17-8-15(3)22(20(10-17)34-5)35-14-19(32)12-26-21(33)13-31/h8-11,19,31-32H,6-7,12-14H2,1-5H3,(H,26,33). The van der Waals surface area contributed by atoms with Crippen LogP contribution in [0.5, 0.6) is 11.5 Å². The van der Waals surface area contributed by atoms with Gasteiger partial charge in [-0.25, -0.2) is 4.98 Å². The van der Waals surface area contributed by atoms with E-state index >= 15 is 0 Å². The maximum Gasteiger partial charge on any atom is 0.259 e. The van der Waals surface area contributed by atoms with Crippen LogP contribution in [0.1, 0.15) is 25.0 Å². The molecule has 3 rings (SSSR count). The number of aromatic nitrogens is 3. The monoisotopic (exact) mass is 499 g/mol. The topological polar surface area (TPSA) is 143 Å². The predicted octanol–water partition coefficient (Wildman–Crippen LogP) is 2.12. The van der Waals surface area contributed by atoms with Gasteiger partial charge in [-0.3, -0.25) is 4.79 Å². The van der Waals surface area contributed by atoms with E-state index in [2.05, 4.69) is 39.2 Å². The highest BCUT2D eigenvalue weighted by Crippen LogP contribution is 2.36. The lowest BCUT2D eigenvalue weighted by atomic mass is 10.1. The van der Waals surface area contributed by atoms with Gasteiger partial charge in [0.2, 0.25) is 11.7 Å². The fraction of sp³-hybridized carbons (Fsp3) is 0.440. The van der Waals surface area contributed by atoms with Crippen molar-refractivity contribution in [3.63, 3.8) is 0 Å². The number of amides is 1. The van der Waals surface area contributed by atoms with Gasteiger partial charge in [0.25, 0.3) is 5.89 Å². The first-order valence-corrected chi connectivity index (χ1v) is 11.7. The second-order valence-electron chi connectivity index (χ2n) is 8.21. The first-order chi connectivity index (χ1) is 17.3. The maximum absolute atomic E-state index is 11.1. The Morgan fingerprint density at radius 1 is 1.17 bits per heavy atom. The Morgan fingerprint density at radius 3 is 2.53 bits per heavy atom. The van der Waals surface area contributed by atoms with Crippen molar-refractivity contribution in [3.8, 4) is 34.3 Å². The van der Waals surface area contributed by atoms with Crippen molar-refractivity contribution in [2.45, 2.75) is 33.8 Å². The van der Waals surface area contributed by atoms with Gasteiger partial charge in [0.1, 0.15) is 25.1 Å². The smallest absolute Gasteiger partial charge is 0.259 e. The molecule has 11 heteroatoms. The van der Waals surface area contributed by atoms with Crippen molar-refractivity contribution < 1.29 is 29.0 Å². The van der Waals surface area contributed by atoms with Crippen LogP contribution in [0.4, 0.5) is 5.82 Å². The Morgan fingerprint density at radius 2 is 1.89 bits per heavy atom. The van der Waals surface area contributed by atoms with E-state index in [1.165, 1.54) is 7.11 Å². The van der Waals surface area contributed by atoms with E-state index < -0.39 is 18.6 Å². The summed E-state index contributed by atoms with van der Waals surface area (Å²) in [6.07, 6.45) is 0.767. The van der Waals surface area contributed by atoms with E-state index in [-0.39, 0.29) is 13.2 Å². The molecule has 0 radical (unpaired) electrons. The van der Waals surface area contributed by atoms with Crippen molar-refractivity contribution in [2.75, 3.05) is 44.9 Å². The van der Waals surface area contributed by atoms with Gasteiger partial charge >= 0.3 is 0 Å². The molecule has 3 aromatic rings. The summed E-state index contributed by atoms with van der Waals surface area (Å²) in [4.78, 5) is 22.5. The van der Waals surface area contributed by atoms with Gasteiger partial charge in [0.15, 0.2) is 11.5 Å². The molecular weight excluding hydrogens is 466 g/mol. The molecule has 1 aromatic carbocycles. The molecule has 2 heterocycles. The van der Waals surface area contributed by atoms with Crippen LogP contribution in [0, 0.1) is 13.8 Å². The number of anilines is 1. The Hall–Kier alpha value is -3.70. The number of hydrogen-bond acceptors (Lipinski definition) is 10. The Balaban J connectivity index is 1.78. The number of carbonyl (C=O) groups excluding carboxylic acids is 1. The predicted molar refractivity (Wildman–Crippen MR) is 134 cm³/mol. The number of rotatable bonds is 12. The molecule has 0 bridgehead atoms. The van der Waals surface area contributed by atoms with Gasteiger partial charge in [-0.1, -0.05) is 5.16 Å². The average Bonchev–Trinajstić information content (AvgIpc) is 3.38. The van der Waals surface area contributed by atoms with Crippen molar-refractivity contribution in [2.24, 2.45) is 0 Å². The van der Waals surface area contributed by atoms with E-state index in [9.17, 15) is 9.90 Å². The number of aryl methyl sites for hydroxylation is 2. The van der Waals surface area contributed by atoms with Crippen LogP contribution in [-0.4, -0.2) is 77.3 Å². The number of hydrogen-bond donors (Lipinski definition) is 3. The van der Waals surface area contributed by atoms with Crippen LogP contribution in [0.25, 0.3) is 22.8 Å². The molecule has 0 aliphatic heterocycles. The number of aliphatic hydroxyl groups excluding tert-OH is 2. The number of ether oxygens (including phenoxy) is 2. The highest BCUT2D eigenvalue weighted by atomic mass is 16.5. The van der Waals surface area contributed by atoms with Crippen LogP contribution in [0.15, 0.2) is 28.9 Å². The van der Waals surface area contributed by atoms with Crippen LogP contribution >= 0.6 is 0 Å². The van der Waals surface area contributed by atoms with Crippen LogP contribution in [0.2, 0.25) is 0 Å². The molecule has 3 N–H and O–H groups in total. The second-order valence-corrected chi connectivity index (χ2v) is 8.21. The summed E-state index contributed by atoms with van der Waals surface area (Å²) in [6.45, 7) is 9.00. The van der Waals surface area contributed by atoms with Crippen LogP contribution < -0.4 is 19.7 Å². The van der Waals surface area contributed by atoms with Crippen molar-refractivity contribution >= 4 is 11.7 Å². The minimum atomic E-state index is -0.964. The Bertz CT molecular complexity index is 1180. The van der Waals surface area contributed by atoms with Crippen LogP contribution in [-0.2, 0) is 4.79 Å². The Kier molecular flexibility index (Phi) is 9.20. The fourth-order valence-corrected chi connectivity index (χ4v) is 3.73. The fourth-order valence-electron chi connectivity index (χ4n) is 3.73. The van der Waals surface area contributed by atoms with Gasteiger partial charge in [-0.05, 0) is 57.0 Å². The van der Waals surface area contributed by atoms with Crippen molar-refractivity contribution in [3.05, 3.63) is 35.5 Å². The number of methoxy groups -OCH3 is 1. The van der Waals surface area contributed by atoms with E-state index in [1.54, 1.807) is 12.3 Å². The number of carbonyl (C=O) groups is 1. The minimum absolute atomic E-state index is 0.0469. The lowest BCUT2D eigenvalue weighted by Crippen LogP contribution is -2.36. The molecule has 1 amide bonds. The molecule has 0 aliphatic carbocycles. The van der Waals surface area contributed by atoms with Gasteiger partial charge < -0.3 is 34.4 Å². The number of aliphatic hydroxyl groups is 2. The summed E-state index contributed by atoms with van der Waals surface area (Å²) in [5.74, 6) is 1.98. The number of pyridine rings is 1. The largest absolute Gasteiger partial charge is 0.493 e. The summed E-state index contributed by atoms with van der Waals surface area (Å²) < 4.78 is 16.8. The second kappa shape index (κ2) is 12.3. The zero-order valence-electron chi connectivity index (χ0n) is 21.2. The molecular formula is C25H33N5O6. The first kappa shape index (κ1) is 26.9. The molecule has 2 aromatic heterocycles. The summed E-state index contributed by atoms with van der Waals surface area (Å²) in [6, 6.07) is 5.54. The molecule has 1 atom stereocenters. The van der Waals surface area contributed by atoms with Gasteiger partial charge in [-0.15, -0.1) is 0 Å². The summed E-state index contributed by atoms with van der Waals surface area (Å²) in [5, 5.41) is 25.3.